The number of halogens is 1. The molecule has 2 aromatic heterocycles. The molecule has 1 aliphatic heterocycles. The minimum absolute atomic E-state index is 0.125. The van der Waals surface area contributed by atoms with Gasteiger partial charge in [-0.2, -0.15) is 0 Å². The Morgan fingerprint density at radius 3 is 2.67 bits per heavy atom. The molecule has 1 unspecified atom stereocenters. The van der Waals surface area contributed by atoms with E-state index in [0.29, 0.717) is 6.54 Å². The van der Waals surface area contributed by atoms with Crippen LogP contribution in [-0.4, -0.2) is 47.7 Å². The van der Waals surface area contributed by atoms with Gasteiger partial charge in [-0.3, -0.25) is 4.90 Å². The van der Waals surface area contributed by atoms with Gasteiger partial charge in [0.1, 0.15) is 22.8 Å². The molecule has 4 rings (SSSR count). The first-order chi connectivity index (χ1) is 13.1. The Morgan fingerprint density at radius 1 is 1.19 bits per heavy atom. The van der Waals surface area contributed by atoms with Crippen LogP contribution in [0.4, 0.5) is 10.2 Å². The molecule has 1 atom stereocenters. The topological polar surface area (TPSA) is 50.3 Å². The number of morpholine rings is 1. The number of nitrogens with one attached hydrogen (secondary N) is 1. The fourth-order valence-corrected chi connectivity index (χ4v) is 4.54. The SMILES string of the molecule is Cc1sc2ncnc(NCC(c3ccc(F)cc3)N3CCOCC3)c2c1C. The van der Waals surface area contributed by atoms with Crippen LogP contribution in [0.1, 0.15) is 22.0 Å². The van der Waals surface area contributed by atoms with E-state index >= 15 is 0 Å². The van der Waals surface area contributed by atoms with Gasteiger partial charge in [-0.25, -0.2) is 14.4 Å². The number of hydrogen-bond acceptors (Lipinski definition) is 6. The molecule has 0 amide bonds. The molecule has 0 saturated carbocycles. The highest BCUT2D eigenvalue weighted by Crippen LogP contribution is 2.33. The molecule has 0 aliphatic carbocycles. The van der Waals surface area contributed by atoms with Crippen LogP contribution in [0.2, 0.25) is 0 Å². The molecule has 1 aromatic carbocycles. The lowest BCUT2D eigenvalue weighted by Gasteiger charge is -2.35. The van der Waals surface area contributed by atoms with Crippen molar-refractivity contribution >= 4 is 27.4 Å². The first-order valence-electron chi connectivity index (χ1n) is 9.15. The van der Waals surface area contributed by atoms with Crippen molar-refractivity contribution < 1.29 is 9.13 Å². The van der Waals surface area contributed by atoms with Crippen molar-refractivity contribution in [3.8, 4) is 0 Å². The number of hydrogen-bond donors (Lipinski definition) is 1. The number of aromatic nitrogens is 2. The summed E-state index contributed by atoms with van der Waals surface area (Å²) in [7, 11) is 0. The molecule has 142 valence electrons. The number of thiophene rings is 1. The van der Waals surface area contributed by atoms with Crippen LogP contribution in [0.25, 0.3) is 10.2 Å². The smallest absolute Gasteiger partial charge is 0.138 e. The minimum Gasteiger partial charge on any atom is -0.379 e. The Hall–Kier alpha value is -2.09. The predicted octanol–water partition coefficient (Wildman–Crippen LogP) is 3.93. The number of fused-ring (bicyclic) bond motifs is 1. The standard InChI is InChI=1S/C20H23FN4OS/c1-13-14(2)27-20-18(13)19(23-12-24-20)22-11-17(25-7-9-26-10-8-25)15-3-5-16(21)6-4-15/h3-6,12,17H,7-11H2,1-2H3,(H,22,23,24). The molecule has 1 fully saturated rings. The number of aryl methyl sites for hydroxylation is 2. The normalized spacial score (nSPS) is 16.6. The number of anilines is 1. The molecule has 1 N–H and O–H groups in total. The van der Waals surface area contributed by atoms with E-state index in [1.54, 1.807) is 17.7 Å². The van der Waals surface area contributed by atoms with Crippen LogP contribution < -0.4 is 5.32 Å². The molecule has 0 bridgehead atoms. The summed E-state index contributed by atoms with van der Waals surface area (Å²) in [5.74, 6) is 0.650. The number of benzene rings is 1. The molecule has 1 saturated heterocycles. The van der Waals surface area contributed by atoms with Crippen molar-refractivity contribution in [2.45, 2.75) is 19.9 Å². The maximum atomic E-state index is 13.4. The second-order valence-corrected chi connectivity index (χ2v) is 7.99. The van der Waals surface area contributed by atoms with Crippen LogP contribution in [0, 0.1) is 19.7 Å². The highest BCUT2D eigenvalue weighted by atomic mass is 32.1. The van der Waals surface area contributed by atoms with Gasteiger partial charge in [-0.1, -0.05) is 12.1 Å². The molecular weight excluding hydrogens is 363 g/mol. The molecule has 1 aliphatic rings. The second-order valence-electron chi connectivity index (χ2n) is 6.78. The molecule has 0 spiro atoms. The highest BCUT2D eigenvalue weighted by molar-refractivity contribution is 7.18. The van der Waals surface area contributed by atoms with Crippen LogP contribution >= 0.6 is 11.3 Å². The zero-order valence-corrected chi connectivity index (χ0v) is 16.4. The van der Waals surface area contributed by atoms with Crippen molar-refractivity contribution in [3.05, 3.63) is 52.4 Å². The van der Waals surface area contributed by atoms with Crippen LogP contribution in [0.3, 0.4) is 0 Å². The summed E-state index contributed by atoms with van der Waals surface area (Å²) in [4.78, 5) is 13.5. The van der Waals surface area contributed by atoms with Crippen molar-refractivity contribution in [1.82, 2.24) is 14.9 Å². The third kappa shape index (κ3) is 3.81. The number of nitrogens with zero attached hydrogens (tertiary/aromatic N) is 3. The Balaban J connectivity index is 1.61. The van der Waals surface area contributed by atoms with E-state index < -0.39 is 0 Å². The van der Waals surface area contributed by atoms with Crippen LogP contribution in [0.15, 0.2) is 30.6 Å². The van der Waals surface area contributed by atoms with Crippen LogP contribution in [0.5, 0.6) is 0 Å². The average molecular weight is 386 g/mol. The fourth-order valence-electron chi connectivity index (χ4n) is 3.54. The van der Waals surface area contributed by atoms with E-state index in [-0.39, 0.29) is 11.9 Å². The molecular formula is C20H23FN4OS. The summed E-state index contributed by atoms with van der Waals surface area (Å²) >= 11 is 1.69. The molecule has 3 heterocycles. The minimum atomic E-state index is -0.214. The monoisotopic (exact) mass is 386 g/mol. The van der Waals surface area contributed by atoms with Crippen molar-refractivity contribution in [2.24, 2.45) is 0 Å². The zero-order valence-electron chi connectivity index (χ0n) is 15.5. The molecule has 27 heavy (non-hydrogen) atoms. The highest BCUT2D eigenvalue weighted by Gasteiger charge is 2.23. The quantitative estimate of drug-likeness (QED) is 0.720. The van der Waals surface area contributed by atoms with E-state index in [4.69, 9.17) is 4.74 Å². The summed E-state index contributed by atoms with van der Waals surface area (Å²) < 4.78 is 18.9. The third-order valence-corrected chi connectivity index (χ3v) is 6.28. The van der Waals surface area contributed by atoms with Gasteiger partial charge in [-0.15, -0.1) is 11.3 Å². The summed E-state index contributed by atoms with van der Waals surface area (Å²) in [5.41, 5.74) is 2.32. The molecule has 3 aromatic rings. The first kappa shape index (κ1) is 18.3. The van der Waals surface area contributed by atoms with E-state index in [0.717, 1.165) is 47.9 Å². The predicted molar refractivity (Wildman–Crippen MR) is 107 cm³/mol. The maximum Gasteiger partial charge on any atom is 0.138 e. The van der Waals surface area contributed by atoms with Gasteiger partial charge in [0.15, 0.2) is 0 Å². The van der Waals surface area contributed by atoms with Gasteiger partial charge in [0.2, 0.25) is 0 Å². The molecule has 0 radical (unpaired) electrons. The van der Waals surface area contributed by atoms with Gasteiger partial charge in [0, 0.05) is 24.5 Å². The Bertz CT molecular complexity index is 922. The Morgan fingerprint density at radius 2 is 1.93 bits per heavy atom. The lowest BCUT2D eigenvalue weighted by atomic mass is 10.0. The van der Waals surface area contributed by atoms with E-state index in [1.807, 2.05) is 12.1 Å². The average Bonchev–Trinajstić information content (AvgIpc) is 2.99. The summed E-state index contributed by atoms with van der Waals surface area (Å²) in [6.45, 7) is 8.07. The summed E-state index contributed by atoms with van der Waals surface area (Å²) in [6.07, 6.45) is 1.61. The molecule has 7 heteroatoms. The number of rotatable bonds is 5. The Kier molecular flexibility index (Phi) is 5.33. The summed E-state index contributed by atoms with van der Waals surface area (Å²) in [5, 5.41) is 4.63. The van der Waals surface area contributed by atoms with Crippen molar-refractivity contribution in [3.63, 3.8) is 0 Å². The van der Waals surface area contributed by atoms with E-state index in [1.165, 1.54) is 22.6 Å². The van der Waals surface area contributed by atoms with E-state index in [2.05, 4.69) is 34.0 Å². The lowest BCUT2D eigenvalue weighted by molar-refractivity contribution is 0.0187. The third-order valence-electron chi connectivity index (χ3n) is 5.17. The van der Waals surface area contributed by atoms with Gasteiger partial charge in [-0.05, 0) is 37.1 Å². The zero-order chi connectivity index (χ0) is 18.8. The fraction of sp³-hybridized carbons (Fsp3) is 0.400. The van der Waals surface area contributed by atoms with Gasteiger partial charge < -0.3 is 10.1 Å². The van der Waals surface area contributed by atoms with Gasteiger partial charge >= 0.3 is 0 Å². The number of ether oxygens (including phenoxy) is 1. The molecule has 5 nitrogen and oxygen atoms in total. The Labute approximate surface area is 162 Å². The lowest BCUT2D eigenvalue weighted by Crippen LogP contribution is -2.41. The van der Waals surface area contributed by atoms with Gasteiger partial charge in [0.25, 0.3) is 0 Å². The van der Waals surface area contributed by atoms with Gasteiger partial charge in [0.05, 0.1) is 24.6 Å². The largest absolute Gasteiger partial charge is 0.379 e. The second kappa shape index (κ2) is 7.88. The van der Waals surface area contributed by atoms with Crippen molar-refractivity contribution in [1.29, 1.82) is 0 Å². The first-order valence-corrected chi connectivity index (χ1v) is 9.97. The van der Waals surface area contributed by atoms with Crippen molar-refractivity contribution in [2.75, 3.05) is 38.2 Å². The summed E-state index contributed by atoms with van der Waals surface area (Å²) in [6, 6.07) is 6.91. The maximum absolute atomic E-state index is 13.4. The van der Waals surface area contributed by atoms with E-state index in [9.17, 15) is 4.39 Å². The van der Waals surface area contributed by atoms with Crippen LogP contribution in [-0.2, 0) is 4.74 Å².